The Morgan fingerprint density at radius 3 is 2.23 bits per heavy atom. The number of nitrogens with one attached hydrogen (secondary N) is 2. The average Bonchev–Trinajstić information content (AvgIpc) is 3.24. The molecule has 0 saturated heterocycles. The van der Waals surface area contributed by atoms with Crippen molar-refractivity contribution >= 4 is 11.8 Å². The normalized spacial score (nSPS) is 10.4. The molecule has 30 heavy (non-hydrogen) atoms. The molecule has 2 amide bonds. The highest BCUT2D eigenvalue weighted by molar-refractivity contribution is 5.97. The van der Waals surface area contributed by atoms with Crippen LogP contribution in [0.15, 0.2) is 79.0 Å². The first kappa shape index (κ1) is 18.9. The SMILES string of the molecule is O=C(NNC(=O)c1nc(-c2ccccc2)n(-c2ccccc2)n1)c1ccnc(F)c1. The van der Waals surface area contributed by atoms with Crippen molar-refractivity contribution in [3.8, 4) is 17.1 Å². The predicted octanol–water partition coefficient (Wildman–Crippen LogP) is 2.54. The molecule has 148 valence electrons. The van der Waals surface area contributed by atoms with Crippen molar-refractivity contribution in [1.82, 2.24) is 30.6 Å². The highest BCUT2D eigenvalue weighted by Crippen LogP contribution is 2.20. The van der Waals surface area contributed by atoms with E-state index < -0.39 is 17.8 Å². The largest absolute Gasteiger partial charge is 0.309 e. The Hall–Kier alpha value is -4.40. The number of carbonyl (C=O) groups is 2. The van der Waals surface area contributed by atoms with Crippen molar-refractivity contribution in [2.45, 2.75) is 0 Å². The summed E-state index contributed by atoms with van der Waals surface area (Å²) in [5.41, 5.74) is 5.95. The average molecular weight is 402 g/mol. The number of carbonyl (C=O) groups excluding carboxylic acids is 2. The number of para-hydroxylation sites is 1. The van der Waals surface area contributed by atoms with E-state index in [2.05, 4.69) is 25.9 Å². The molecule has 2 aromatic heterocycles. The summed E-state index contributed by atoms with van der Waals surface area (Å²) in [7, 11) is 0. The van der Waals surface area contributed by atoms with Gasteiger partial charge in [-0.2, -0.15) is 4.39 Å². The van der Waals surface area contributed by atoms with Crippen LogP contribution in [0.4, 0.5) is 4.39 Å². The molecule has 4 aromatic rings. The summed E-state index contributed by atoms with van der Waals surface area (Å²) >= 11 is 0. The number of pyridine rings is 1. The minimum Gasteiger partial charge on any atom is -0.267 e. The number of hydrogen-bond acceptors (Lipinski definition) is 5. The molecule has 4 rings (SSSR count). The second-order valence-corrected chi connectivity index (χ2v) is 6.15. The van der Waals surface area contributed by atoms with E-state index in [1.807, 2.05) is 60.7 Å². The highest BCUT2D eigenvalue weighted by Gasteiger charge is 2.19. The third kappa shape index (κ3) is 4.04. The van der Waals surface area contributed by atoms with Crippen molar-refractivity contribution in [3.05, 3.63) is 96.3 Å². The van der Waals surface area contributed by atoms with Gasteiger partial charge in [-0.3, -0.25) is 20.4 Å². The Morgan fingerprint density at radius 2 is 1.53 bits per heavy atom. The molecular formula is C21H15FN6O2. The lowest BCUT2D eigenvalue weighted by atomic mass is 10.2. The van der Waals surface area contributed by atoms with Gasteiger partial charge in [-0.05, 0) is 18.2 Å². The molecule has 0 fully saturated rings. The number of hydrazine groups is 1. The lowest BCUT2D eigenvalue weighted by Crippen LogP contribution is -2.42. The number of rotatable bonds is 4. The molecule has 0 unspecified atom stereocenters. The number of hydrogen-bond donors (Lipinski definition) is 2. The maximum Gasteiger partial charge on any atom is 0.309 e. The minimum absolute atomic E-state index is 0.00977. The Kier molecular flexibility index (Phi) is 5.25. The van der Waals surface area contributed by atoms with Gasteiger partial charge in [0.05, 0.1) is 5.69 Å². The molecule has 0 aliphatic heterocycles. The van der Waals surface area contributed by atoms with Crippen LogP contribution in [-0.2, 0) is 0 Å². The third-order valence-electron chi connectivity index (χ3n) is 4.12. The van der Waals surface area contributed by atoms with Gasteiger partial charge in [-0.1, -0.05) is 48.5 Å². The van der Waals surface area contributed by atoms with E-state index in [-0.39, 0.29) is 11.4 Å². The van der Waals surface area contributed by atoms with Crippen LogP contribution in [0.1, 0.15) is 21.0 Å². The zero-order valence-corrected chi connectivity index (χ0v) is 15.5. The van der Waals surface area contributed by atoms with Gasteiger partial charge in [0.15, 0.2) is 5.82 Å². The number of aromatic nitrogens is 4. The fraction of sp³-hybridized carbons (Fsp3) is 0. The van der Waals surface area contributed by atoms with Crippen molar-refractivity contribution in [3.63, 3.8) is 0 Å². The van der Waals surface area contributed by atoms with E-state index in [9.17, 15) is 14.0 Å². The molecule has 0 radical (unpaired) electrons. The van der Waals surface area contributed by atoms with E-state index in [0.29, 0.717) is 5.82 Å². The van der Waals surface area contributed by atoms with Crippen molar-refractivity contribution in [2.75, 3.05) is 0 Å². The van der Waals surface area contributed by atoms with Crippen molar-refractivity contribution in [1.29, 1.82) is 0 Å². The maximum atomic E-state index is 13.2. The van der Waals surface area contributed by atoms with Gasteiger partial charge in [0.2, 0.25) is 11.8 Å². The number of nitrogens with zero attached hydrogens (tertiary/aromatic N) is 4. The van der Waals surface area contributed by atoms with Crippen molar-refractivity contribution in [2.24, 2.45) is 0 Å². The summed E-state index contributed by atoms with van der Waals surface area (Å²) in [6, 6.07) is 20.8. The number of halogens is 1. The summed E-state index contributed by atoms with van der Waals surface area (Å²) in [5.74, 6) is -1.89. The van der Waals surface area contributed by atoms with Crippen molar-refractivity contribution < 1.29 is 14.0 Å². The molecule has 2 aromatic carbocycles. The van der Waals surface area contributed by atoms with E-state index in [4.69, 9.17) is 0 Å². The van der Waals surface area contributed by atoms with Crippen LogP contribution in [0.5, 0.6) is 0 Å². The first-order chi connectivity index (χ1) is 14.6. The van der Waals surface area contributed by atoms with Crippen LogP contribution in [-0.4, -0.2) is 31.6 Å². The standard InChI is InChI=1S/C21H15FN6O2/c22-17-13-15(11-12-23-17)20(29)25-26-21(30)18-24-19(14-7-3-1-4-8-14)28(27-18)16-9-5-2-6-10-16/h1-13H,(H,25,29)(H,26,30). The molecule has 8 nitrogen and oxygen atoms in total. The number of amides is 2. The van der Waals surface area contributed by atoms with Gasteiger partial charge >= 0.3 is 5.91 Å². The van der Waals surface area contributed by atoms with Gasteiger partial charge in [0.1, 0.15) is 0 Å². The van der Waals surface area contributed by atoms with Crippen LogP contribution in [0.25, 0.3) is 17.1 Å². The first-order valence-corrected chi connectivity index (χ1v) is 8.92. The fourth-order valence-electron chi connectivity index (χ4n) is 2.72. The topological polar surface area (TPSA) is 102 Å². The minimum atomic E-state index is -0.801. The smallest absolute Gasteiger partial charge is 0.267 e. The second kappa shape index (κ2) is 8.31. The zero-order chi connectivity index (χ0) is 20.9. The summed E-state index contributed by atoms with van der Waals surface area (Å²) in [6.07, 6.45) is 1.15. The first-order valence-electron chi connectivity index (χ1n) is 8.92. The maximum absolute atomic E-state index is 13.2. The van der Waals surface area contributed by atoms with Crippen LogP contribution in [0.2, 0.25) is 0 Å². The van der Waals surface area contributed by atoms with Crippen LogP contribution in [0.3, 0.4) is 0 Å². The molecular weight excluding hydrogens is 387 g/mol. The lowest BCUT2D eigenvalue weighted by molar-refractivity contribution is 0.0840. The van der Waals surface area contributed by atoms with Gasteiger partial charge in [0, 0.05) is 23.4 Å². The Labute approximate surface area is 170 Å². The molecule has 0 spiro atoms. The summed E-state index contributed by atoms with van der Waals surface area (Å²) in [5, 5.41) is 4.29. The van der Waals surface area contributed by atoms with Gasteiger partial charge < -0.3 is 0 Å². The molecule has 0 aliphatic rings. The Morgan fingerprint density at radius 1 is 0.867 bits per heavy atom. The van der Waals surface area contributed by atoms with Gasteiger partial charge in [0.25, 0.3) is 5.91 Å². The quantitative estimate of drug-likeness (QED) is 0.404. The van der Waals surface area contributed by atoms with Gasteiger partial charge in [-0.15, -0.1) is 5.10 Å². The summed E-state index contributed by atoms with van der Waals surface area (Å²) < 4.78 is 14.7. The van der Waals surface area contributed by atoms with Gasteiger partial charge in [-0.25, -0.2) is 14.6 Å². The zero-order valence-electron chi connectivity index (χ0n) is 15.5. The molecule has 0 bridgehead atoms. The van der Waals surface area contributed by atoms with E-state index in [1.165, 1.54) is 6.07 Å². The summed E-state index contributed by atoms with van der Waals surface area (Å²) in [4.78, 5) is 32.3. The molecule has 0 aliphatic carbocycles. The third-order valence-corrected chi connectivity index (χ3v) is 4.12. The fourth-order valence-corrected chi connectivity index (χ4v) is 2.72. The molecule has 9 heteroatoms. The lowest BCUT2D eigenvalue weighted by Gasteiger charge is -2.05. The molecule has 0 atom stereocenters. The van der Waals surface area contributed by atoms with Crippen LogP contribution >= 0.6 is 0 Å². The monoisotopic (exact) mass is 402 g/mol. The van der Waals surface area contributed by atoms with E-state index >= 15 is 0 Å². The van der Waals surface area contributed by atoms with E-state index in [1.54, 1.807) is 4.68 Å². The second-order valence-electron chi connectivity index (χ2n) is 6.15. The van der Waals surface area contributed by atoms with Crippen LogP contribution < -0.4 is 10.9 Å². The summed E-state index contributed by atoms with van der Waals surface area (Å²) in [6.45, 7) is 0. The Balaban J connectivity index is 1.59. The van der Waals surface area contributed by atoms with Crippen LogP contribution in [0, 0.1) is 5.95 Å². The molecule has 2 N–H and O–H groups in total. The van der Waals surface area contributed by atoms with E-state index in [0.717, 1.165) is 23.5 Å². The molecule has 2 heterocycles. The number of benzene rings is 2. The predicted molar refractivity (Wildman–Crippen MR) is 106 cm³/mol. The Bertz CT molecular complexity index is 1140. The highest BCUT2D eigenvalue weighted by atomic mass is 19.1. The molecule has 0 saturated carbocycles.